The predicted molar refractivity (Wildman–Crippen MR) is 118 cm³/mol. The van der Waals surface area contributed by atoms with E-state index >= 15 is 0 Å². The molecular formula is C27H32Hf. The molecule has 28 heavy (non-hydrogen) atoms. The van der Waals surface area contributed by atoms with Crippen molar-refractivity contribution < 1.29 is 22.9 Å². The number of hydrogen-bond acceptors (Lipinski definition) is 0. The van der Waals surface area contributed by atoms with Crippen molar-refractivity contribution in [1.29, 1.82) is 0 Å². The van der Waals surface area contributed by atoms with Crippen LogP contribution in [-0.2, 0) is 33.7 Å². The van der Waals surface area contributed by atoms with Gasteiger partial charge in [0.15, 0.2) is 0 Å². The van der Waals surface area contributed by atoms with Gasteiger partial charge in [-0.15, -0.1) is 0 Å². The molecule has 2 aliphatic rings. The van der Waals surface area contributed by atoms with Crippen molar-refractivity contribution in [2.75, 3.05) is 0 Å². The molecule has 0 spiro atoms. The van der Waals surface area contributed by atoms with Crippen molar-refractivity contribution in [2.45, 2.75) is 69.4 Å². The van der Waals surface area contributed by atoms with E-state index < -0.39 is 22.9 Å². The van der Waals surface area contributed by atoms with E-state index in [0.717, 1.165) is 0 Å². The molecule has 144 valence electrons. The number of hydrogen-bond donors (Lipinski definition) is 0. The molecule has 0 N–H and O–H groups in total. The first-order valence-electron chi connectivity index (χ1n) is 10.5. The van der Waals surface area contributed by atoms with Crippen molar-refractivity contribution in [2.24, 2.45) is 0 Å². The Hall–Kier alpha value is -1.21. The molecule has 1 atom stereocenters. The van der Waals surface area contributed by atoms with Crippen LogP contribution < -0.4 is 0 Å². The SMILES string of the molecule is Cc1cc(C(C)(C)C)cc2c1-c1ccc(C(C)(C)C)cc1[CH]2[Hf][C]1=CC=CC1. The van der Waals surface area contributed by atoms with Crippen molar-refractivity contribution in [3.8, 4) is 11.1 Å². The number of benzene rings is 2. The summed E-state index contributed by atoms with van der Waals surface area (Å²) in [5.74, 6) is 0. The van der Waals surface area contributed by atoms with Crippen LogP contribution in [0.1, 0.15) is 79.5 Å². The van der Waals surface area contributed by atoms with Crippen molar-refractivity contribution in [3.63, 3.8) is 0 Å². The van der Waals surface area contributed by atoms with Gasteiger partial charge in [-0.25, -0.2) is 0 Å². The van der Waals surface area contributed by atoms with Gasteiger partial charge < -0.3 is 0 Å². The average Bonchev–Trinajstić information content (AvgIpc) is 3.20. The van der Waals surface area contributed by atoms with Gasteiger partial charge in [0.25, 0.3) is 0 Å². The molecule has 2 aromatic carbocycles. The zero-order valence-electron chi connectivity index (χ0n) is 18.4. The molecule has 0 bridgehead atoms. The standard InChI is InChI=1S/C22H27.C5H5.Hf/c1-14-10-18(22(5,6)7)13-16-11-15-12-17(21(2,3)4)8-9-19(15)20(14)16;1-2-4-5-3-1;/h8-13H,1-7H3;1-3H,4H2;. The van der Waals surface area contributed by atoms with E-state index in [1.165, 1.54) is 34.2 Å². The summed E-state index contributed by atoms with van der Waals surface area (Å²) in [6.45, 7) is 16.3. The van der Waals surface area contributed by atoms with E-state index in [1.807, 2.05) is 0 Å². The average molecular weight is 535 g/mol. The van der Waals surface area contributed by atoms with Gasteiger partial charge in [-0.1, -0.05) is 0 Å². The second-order valence-electron chi connectivity index (χ2n) is 10.5. The third-order valence-electron chi connectivity index (χ3n) is 6.14. The molecule has 0 fully saturated rings. The minimum atomic E-state index is -0.999. The molecule has 2 aliphatic carbocycles. The third kappa shape index (κ3) is 3.56. The summed E-state index contributed by atoms with van der Waals surface area (Å²) in [6, 6.07) is 12.3. The van der Waals surface area contributed by atoms with Crippen LogP contribution in [0.5, 0.6) is 0 Å². The molecule has 4 rings (SSSR count). The Balaban J connectivity index is 1.91. The first kappa shape index (κ1) is 20.1. The fourth-order valence-corrected chi connectivity index (χ4v) is 10.1. The Morgan fingerprint density at radius 3 is 2.14 bits per heavy atom. The minimum absolute atomic E-state index is 0.192. The number of aryl methyl sites for hydroxylation is 1. The number of rotatable bonds is 2. The first-order valence-corrected chi connectivity index (χ1v) is 14.3. The number of fused-ring (bicyclic) bond motifs is 3. The molecule has 0 radical (unpaired) electrons. The molecule has 1 heteroatoms. The molecule has 0 nitrogen and oxygen atoms in total. The molecule has 0 saturated carbocycles. The van der Waals surface area contributed by atoms with Gasteiger partial charge in [-0.3, -0.25) is 0 Å². The molecule has 0 aromatic heterocycles. The van der Waals surface area contributed by atoms with Crippen molar-refractivity contribution in [3.05, 3.63) is 79.7 Å². The maximum atomic E-state index is 2.56. The van der Waals surface area contributed by atoms with Crippen LogP contribution in [0.3, 0.4) is 0 Å². The maximum absolute atomic E-state index is 2.56. The van der Waals surface area contributed by atoms with Gasteiger partial charge in [0, 0.05) is 0 Å². The molecule has 0 heterocycles. The Bertz CT molecular complexity index is 990. The van der Waals surface area contributed by atoms with Gasteiger partial charge >= 0.3 is 183 Å². The van der Waals surface area contributed by atoms with E-state index in [1.54, 1.807) is 14.5 Å². The first-order chi connectivity index (χ1) is 13.1. The summed E-state index contributed by atoms with van der Waals surface area (Å²) < 4.78 is 2.42. The summed E-state index contributed by atoms with van der Waals surface area (Å²) in [7, 11) is 0. The molecule has 0 aliphatic heterocycles. The molecule has 0 amide bonds. The van der Waals surface area contributed by atoms with E-state index in [9.17, 15) is 0 Å². The van der Waals surface area contributed by atoms with E-state index in [-0.39, 0.29) is 10.8 Å². The quantitative estimate of drug-likeness (QED) is 0.348. The fraction of sp³-hybridized carbons (Fsp3) is 0.407. The molecule has 0 saturated heterocycles. The van der Waals surface area contributed by atoms with Gasteiger partial charge in [0.05, 0.1) is 0 Å². The zero-order chi connectivity index (χ0) is 20.3. The Morgan fingerprint density at radius 1 is 0.857 bits per heavy atom. The van der Waals surface area contributed by atoms with E-state index in [0.29, 0.717) is 3.67 Å². The second kappa shape index (κ2) is 6.94. The van der Waals surface area contributed by atoms with Crippen LogP contribution >= 0.6 is 0 Å². The van der Waals surface area contributed by atoms with Gasteiger partial charge in [-0.2, -0.15) is 0 Å². The summed E-state index contributed by atoms with van der Waals surface area (Å²) in [4.78, 5) is 0. The Morgan fingerprint density at radius 2 is 1.54 bits per heavy atom. The molecule has 2 aromatic rings. The summed E-state index contributed by atoms with van der Waals surface area (Å²) in [5.41, 5.74) is 11.1. The topological polar surface area (TPSA) is 0 Å². The van der Waals surface area contributed by atoms with Gasteiger partial charge in [0.2, 0.25) is 0 Å². The van der Waals surface area contributed by atoms with Crippen LogP contribution in [0.15, 0.2) is 51.9 Å². The van der Waals surface area contributed by atoms with Crippen LogP contribution in [0.25, 0.3) is 11.1 Å². The Labute approximate surface area is 182 Å². The van der Waals surface area contributed by atoms with Gasteiger partial charge in [-0.05, 0) is 0 Å². The fourth-order valence-electron chi connectivity index (χ4n) is 4.40. The summed E-state index contributed by atoms with van der Waals surface area (Å²) in [5, 5.41) is 0. The molecule has 1 unspecified atom stereocenters. The van der Waals surface area contributed by atoms with Crippen LogP contribution in [0.2, 0.25) is 0 Å². The van der Waals surface area contributed by atoms with Gasteiger partial charge in [0.1, 0.15) is 0 Å². The van der Waals surface area contributed by atoms with Crippen LogP contribution in [-0.4, -0.2) is 0 Å². The summed E-state index contributed by atoms with van der Waals surface area (Å²) in [6.07, 6.45) is 8.21. The third-order valence-corrected chi connectivity index (χ3v) is 12.1. The van der Waals surface area contributed by atoms with Crippen LogP contribution in [0, 0.1) is 6.92 Å². The normalized spacial score (nSPS) is 18.1. The van der Waals surface area contributed by atoms with E-state index in [4.69, 9.17) is 0 Å². The second-order valence-corrected chi connectivity index (χ2v) is 15.9. The van der Waals surface area contributed by atoms with E-state index in [2.05, 4.69) is 97.0 Å². The molecular weight excluding hydrogens is 503 g/mol. The van der Waals surface area contributed by atoms with Crippen molar-refractivity contribution >= 4 is 0 Å². The zero-order valence-corrected chi connectivity index (χ0v) is 22.0. The van der Waals surface area contributed by atoms with Crippen LogP contribution in [0.4, 0.5) is 0 Å². The monoisotopic (exact) mass is 536 g/mol. The number of allylic oxidation sites excluding steroid dienone is 4. The predicted octanol–water partition coefficient (Wildman–Crippen LogP) is 7.59. The van der Waals surface area contributed by atoms with Crippen molar-refractivity contribution in [1.82, 2.24) is 0 Å². The Kier molecular flexibility index (Phi) is 4.98. The summed E-state index contributed by atoms with van der Waals surface area (Å²) >= 11 is -0.999.